The highest BCUT2D eigenvalue weighted by Crippen LogP contribution is 2.39. The number of carbonyl (C=O) groups excluding carboxylic acids is 2. The van der Waals surface area contributed by atoms with E-state index in [1.807, 2.05) is 60.7 Å². The molecule has 8 heteroatoms. The fraction of sp³-hybridized carbons (Fsp3) is 0.286. The first-order valence-electron chi connectivity index (χ1n) is 12.3. The molecule has 186 valence electrons. The first-order chi connectivity index (χ1) is 17.6. The number of amides is 2. The van der Waals surface area contributed by atoms with Gasteiger partial charge in [-0.2, -0.15) is 0 Å². The molecule has 36 heavy (non-hydrogen) atoms. The quantitative estimate of drug-likeness (QED) is 0.404. The summed E-state index contributed by atoms with van der Waals surface area (Å²) in [6, 6.07) is 22.9. The fourth-order valence-corrected chi connectivity index (χ4v) is 4.43. The van der Waals surface area contributed by atoms with Crippen LogP contribution >= 0.6 is 0 Å². The van der Waals surface area contributed by atoms with E-state index in [-0.39, 0.29) is 18.6 Å². The maximum Gasteiger partial charge on any atom is 0.412 e. The third kappa shape index (κ3) is 5.84. The van der Waals surface area contributed by atoms with Gasteiger partial charge in [0, 0.05) is 49.4 Å². The SMILES string of the molecule is NC1CC1c1ccc(NC(=O)c2ccc(NC(=O)OCc3ccccc3)c(N3CCNCC3)c2)cc1. The van der Waals surface area contributed by atoms with E-state index < -0.39 is 6.09 Å². The first kappa shape index (κ1) is 23.8. The summed E-state index contributed by atoms with van der Waals surface area (Å²) in [5, 5.41) is 9.16. The van der Waals surface area contributed by atoms with E-state index in [9.17, 15) is 9.59 Å². The highest BCUT2D eigenvalue weighted by atomic mass is 16.5. The van der Waals surface area contributed by atoms with E-state index in [0.29, 0.717) is 17.2 Å². The van der Waals surface area contributed by atoms with Gasteiger partial charge in [-0.15, -0.1) is 0 Å². The Morgan fingerprint density at radius 3 is 2.39 bits per heavy atom. The van der Waals surface area contributed by atoms with Crippen LogP contribution in [0.3, 0.4) is 0 Å². The summed E-state index contributed by atoms with van der Waals surface area (Å²) in [5.41, 5.74) is 10.7. The number of piperazine rings is 1. The van der Waals surface area contributed by atoms with Crippen LogP contribution in [0.25, 0.3) is 0 Å². The van der Waals surface area contributed by atoms with Gasteiger partial charge in [-0.3, -0.25) is 10.1 Å². The lowest BCUT2D eigenvalue weighted by Gasteiger charge is -2.31. The molecule has 0 spiro atoms. The summed E-state index contributed by atoms with van der Waals surface area (Å²) in [4.78, 5) is 27.7. The standard InChI is InChI=1S/C28H31N5O3/c29-24-17-23(24)20-6-9-22(10-7-20)31-27(34)21-8-11-25(26(16-21)33-14-12-30-13-15-33)32-28(35)36-18-19-4-2-1-3-5-19/h1-11,16,23-24,30H,12-15,17-18,29H2,(H,31,34)(H,32,35). The van der Waals surface area contributed by atoms with Crippen LogP contribution in [0.4, 0.5) is 21.9 Å². The number of nitrogens with one attached hydrogen (secondary N) is 3. The molecule has 2 aliphatic rings. The molecule has 0 radical (unpaired) electrons. The zero-order chi connectivity index (χ0) is 24.9. The Balaban J connectivity index is 1.28. The third-order valence-corrected chi connectivity index (χ3v) is 6.60. The summed E-state index contributed by atoms with van der Waals surface area (Å²) in [6.07, 6.45) is 0.476. The van der Waals surface area contributed by atoms with Crippen LogP contribution < -0.4 is 26.6 Å². The Morgan fingerprint density at radius 2 is 1.69 bits per heavy atom. The molecule has 2 atom stereocenters. The average Bonchev–Trinajstić information content (AvgIpc) is 3.65. The van der Waals surface area contributed by atoms with Crippen molar-refractivity contribution in [1.82, 2.24) is 5.32 Å². The Morgan fingerprint density at radius 1 is 0.972 bits per heavy atom. The molecule has 5 N–H and O–H groups in total. The molecular formula is C28H31N5O3. The lowest BCUT2D eigenvalue weighted by atomic mass is 10.1. The van der Waals surface area contributed by atoms with E-state index in [4.69, 9.17) is 10.5 Å². The second kappa shape index (κ2) is 10.8. The minimum absolute atomic E-state index is 0.182. The van der Waals surface area contributed by atoms with Crippen LogP contribution in [-0.4, -0.2) is 44.2 Å². The van der Waals surface area contributed by atoms with Gasteiger partial charge in [0.2, 0.25) is 0 Å². The lowest BCUT2D eigenvalue weighted by Crippen LogP contribution is -2.44. The minimum Gasteiger partial charge on any atom is -0.444 e. The summed E-state index contributed by atoms with van der Waals surface area (Å²) < 4.78 is 5.40. The molecule has 0 bridgehead atoms. The zero-order valence-corrected chi connectivity index (χ0v) is 20.1. The smallest absolute Gasteiger partial charge is 0.412 e. The van der Waals surface area contributed by atoms with Gasteiger partial charge in [0.1, 0.15) is 6.61 Å². The maximum atomic E-state index is 13.1. The van der Waals surface area contributed by atoms with Crippen LogP contribution in [0.15, 0.2) is 72.8 Å². The van der Waals surface area contributed by atoms with E-state index in [0.717, 1.165) is 49.5 Å². The second-order valence-corrected chi connectivity index (χ2v) is 9.24. The number of rotatable bonds is 7. The van der Waals surface area contributed by atoms with Crippen molar-refractivity contribution in [2.75, 3.05) is 41.7 Å². The van der Waals surface area contributed by atoms with Gasteiger partial charge in [-0.05, 0) is 47.9 Å². The average molecular weight is 486 g/mol. The lowest BCUT2D eigenvalue weighted by molar-refractivity contribution is 0.102. The summed E-state index contributed by atoms with van der Waals surface area (Å²) in [6.45, 7) is 3.37. The molecule has 2 unspecified atom stereocenters. The van der Waals surface area contributed by atoms with E-state index in [1.54, 1.807) is 12.1 Å². The van der Waals surface area contributed by atoms with Crippen molar-refractivity contribution in [1.29, 1.82) is 0 Å². The summed E-state index contributed by atoms with van der Waals surface area (Å²) in [7, 11) is 0. The number of ether oxygens (including phenoxy) is 1. The van der Waals surface area contributed by atoms with Crippen LogP contribution in [0.5, 0.6) is 0 Å². The predicted octanol–water partition coefficient (Wildman–Crippen LogP) is 3.91. The second-order valence-electron chi connectivity index (χ2n) is 9.24. The van der Waals surface area contributed by atoms with Crippen molar-refractivity contribution in [3.8, 4) is 0 Å². The number of hydrogen-bond acceptors (Lipinski definition) is 6. The van der Waals surface area contributed by atoms with Gasteiger partial charge in [-0.25, -0.2) is 4.79 Å². The van der Waals surface area contributed by atoms with Crippen molar-refractivity contribution in [2.24, 2.45) is 5.73 Å². The molecular weight excluding hydrogens is 454 g/mol. The van der Waals surface area contributed by atoms with Gasteiger partial charge in [-0.1, -0.05) is 42.5 Å². The monoisotopic (exact) mass is 485 g/mol. The van der Waals surface area contributed by atoms with Crippen molar-refractivity contribution in [2.45, 2.75) is 25.0 Å². The van der Waals surface area contributed by atoms with Crippen molar-refractivity contribution in [3.63, 3.8) is 0 Å². The van der Waals surface area contributed by atoms with Gasteiger partial charge >= 0.3 is 6.09 Å². The molecule has 1 aliphatic carbocycles. The van der Waals surface area contributed by atoms with Crippen molar-refractivity contribution >= 4 is 29.1 Å². The molecule has 1 aliphatic heterocycles. The number of nitrogens with two attached hydrogens (primary N) is 1. The molecule has 2 fully saturated rings. The maximum absolute atomic E-state index is 13.1. The molecule has 8 nitrogen and oxygen atoms in total. The van der Waals surface area contributed by atoms with Crippen LogP contribution in [0.2, 0.25) is 0 Å². The topological polar surface area (TPSA) is 109 Å². The Bertz CT molecular complexity index is 1210. The fourth-order valence-electron chi connectivity index (χ4n) is 4.43. The number of anilines is 3. The number of carbonyl (C=O) groups is 2. The normalized spacial score (nSPS) is 18.9. The highest BCUT2D eigenvalue weighted by Gasteiger charge is 2.34. The number of nitrogens with zero attached hydrogens (tertiary/aromatic N) is 1. The molecule has 3 aromatic carbocycles. The van der Waals surface area contributed by atoms with Crippen LogP contribution in [-0.2, 0) is 11.3 Å². The first-order valence-corrected chi connectivity index (χ1v) is 12.3. The minimum atomic E-state index is -0.539. The van der Waals surface area contributed by atoms with E-state index in [1.165, 1.54) is 5.56 Å². The largest absolute Gasteiger partial charge is 0.444 e. The Labute approximate surface area is 210 Å². The van der Waals surface area contributed by atoms with Crippen LogP contribution in [0, 0.1) is 0 Å². The number of hydrogen-bond donors (Lipinski definition) is 4. The molecule has 3 aromatic rings. The molecule has 2 amide bonds. The molecule has 0 aromatic heterocycles. The van der Waals surface area contributed by atoms with E-state index >= 15 is 0 Å². The molecule has 1 saturated heterocycles. The molecule has 5 rings (SSSR count). The van der Waals surface area contributed by atoms with E-state index in [2.05, 4.69) is 20.9 Å². The van der Waals surface area contributed by atoms with Gasteiger partial charge in [0.15, 0.2) is 0 Å². The van der Waals surface area contributed by atoms with Gasteiger partial charge < -0.3 is 26.0 Å². The highest BCUT2D eigenvalue weighted by molar-refractivity contribution is 6.06. The van der Waals surface area contributed by atoms with Crippen LogP contribution in [0.1, 0.15) is 33.8 Å². The summed E-state index contributed by atoms with van der Waals surface area (Å²) in [5.74, 6) is 0.219. The summed E-state index contributed by atoms with van der Waals surface area (Å²) >= 11 is 0. The third-order valence-electron chi connectivity index (χ3n) is 6.60. The number of benzene rings is 3. The van der Waals surface area contributed by atoms with Crippen molar-refractivity contribution < 1.29 is 14.3 Å². The predicted molar refractivity (Wildman–Crippen MR) is 142 cm³/mol. The van der Waals surface area contributed by atoms with Crippen molar-refractivity contribution in [3.05, 3.63) is 89.5 Å². The molecule has 1 heterocycles. The zero-order valence-electron chi connectivity index (χ0n) is 20.1. The molecule has 1 saturated carbocycles. The van der Waals surface area contributed by atoms with Gasteiger partial charge in [0.25, 0.3) is 5.91 Å². The Kier molecular flexibility index (Phi) is 7.16. The van der Waals surface area contributed by atoms with Gasteiger partial charge in [0.05, 0.1) is 11.4 Å². The Hall–Kier alpha value is -3.88.